The maximum absolute atomic E-state index is 11.5. The van der Waals surface area contributed by atoms with Gasteiger partial charge in [-0.1, -0.05) is 30.3 Å². The van der Waals surface area contributed by atoms with Crippen molar-refractivity contribution in [2.75, 3.05) is 20.1 Å². The molecule has 0 atom stereocenters. The Labute approximate surface area is 117 Å². The molecular formula is C13H18N6O. The van der Waals surface area contributed by atoms with Crippen molar-refractivity contribution in [3.05, 3.63) is 41.7 Å². The molecule has 7 heteroatoms. The van der Waals surface area contributed by atoms with Gasteiger partial charge in [0.15, 0.2) is 0 Å². The van der Waals surface area contributed by atoms with Crippen molar-refractivity contribution in [1.82, 2.24) is 30.8 Å². The Morgan fingerprint density at radius 1 is 1.35 bits per heavy atom. The summed E-state index contributed by atoms with van der Waals surface area (Å²) in [4.78, 5) is 13.7. The number of aromatic amines is 1. The van der Waals surface area contributed by atoms with Gasteiger partial charge in [0, 0.05) is 13.1 Å². The van der Waals surface area contributed by atoms with Gasteiger partial charge in [0.25, 0.3) is 11.7 Å². The van der Waals surface area contributed by atoms with Crippen LogP contribution in [0.4, 0.5) is 0 Å². The fraction of sp³-hybridized carbons (Fsp3) is 0.385. The average Bonchev–Trinajstić information content (AvgIpc) is 2.99. The van der Waals surface area contributed by atoms with E-state index >= 15 is 0 Å². The molecule has 1 aromatic carbocycles. The van der Waals surface area contributed by atoms with Crippen molar-refractivity contribution < 1.29 is 4.79 Å². The fourth-order valence-corrected chi connectivity index (χ4v) is 1.86. The fourth-order valence-electron chi connectivity index (χ4n) is 1.86. The third-order valence-corrected chi connectivity index (χ3v) is 2.85. The van der Waals surface area contributed by atoms with Crippen LogP contribution in [0.2, 0.25) is 0 Å². The molecule has 106 valence electrons. The summed E-state index contributed by atoms with van der Waals surface area (Å²) in [7, 11) is 2.06. The van der Waals surface area contributed by atoms with E-state index in [1.165, 1.54) is 5.56 Å². The monoisotopic (exact) mass is 274 g/mol. The topological polar surface area (TPSA) is 86.8 Å². The molecule has 0 aliphatic rings. The van der Waals surface area contributed by atoms with E-state index in [0.717, 1.165) is 19.5 Å². The summed E-state index contributed by atoms with van der Waals surface area (Å²) in [6, 6.07) is 10.3. The van der Waals surface area contributed by atoms with E-state index in [9.17, 15) is 4.79 Å². The van der Waals surface area contributed by atoms with Gasteiger partial charge in [0.1, 0.15) is 0 Å². The summed E-state index contributed by atoms with van der Waals surface area (Å²) in [6.07, 6.45) is 0.868. The first-order valence-corrected chi connectivity index (χ1v) is 6.50. The molecule has 0 saturated heterocycles. The highest BCUT2D eigenvalue weighted by Crippen LogP contribution is 2.02. The number of hydrogen-bond acceptors (Lipinski definition) is 5. The number of carbonyl (C=O) groups excluding carboxylic acids is 1. The van der Waals surface area contributed by atoms with Crippen molar-refractivity contribution in [2.24, 2.45) is 0 Å². The zero-order valence-electron chi connectivity index (χ0n) is 11.4. The van der Waals surface area contributed by atoms with Crippen molar-refractivity contribution in [3.8, 4) is 0 Å². The Kier molecular flexibility index (Phi) is 5.19. The number of benzene rings is 1. The quantitative estimate of drug-likeness (QED) is 0.716. The van der Waals surface area contributed by atoms with E-state index in [2.05, 4.69) is 50.0 Å². The molecule has 0 aliphatic carbocycles. The minimum Gasteiger partial charge on any atom is -0.349 e. The SMILES string of the molecule is CN(CCCNC(=O)c1nn[nH]n1)Cc1ccccc1. The van der Waals surface area contributed by atoms with E-state index in [1.807, 2.05) is 18.2 Å². The summed E-state index contributed by atoms with van der Waals surface area (Å²) in [5, 5.41) is 15.6. The maximum Gasteiger partial charge on any atom is 0.292 e. The molecule has 0 saturated carbocycles. The van der Waals surface area contributed by atoms with E-state index < -0.39 is 0 Å². The van der Waals surface area contributed by atoms with Gasteiger partial charge >= 0.3 is 0 Å². The van der Waals surface area contributed by atoms with Gasteiger partial charge in [0.05, 0.1) is 0 Å². The zero-order valence-corrected chi connectivity index (χ0v) is 11.4. The number of aromatic nitrogens is 4. The number of tetrazole rings is 1. The third-order valence-electron chi connectivity index (χ3n) is 2.85. The molecule has 1 heterocycles. The molecule has 20 heavy (non-hydrogen) atoms. The molecule has 0 spiro atoms. The number of rotatable bonds is 7. The van der Waals surface area contributed by atoms with Gasteiger partial charge in [-0.3, -0.25) is 4.79 Å². The van der Waals surface area contributed by atoms with Crippen molar-refractivity contribution in [3.63, 3.8) is 0 Å². The second-order valence-corrected chi connectivity index (χ2v) is 4.57. The van der Waals surface area contributed by atoms with Crippen molar-refractivity contribution >= 4 is 5.91 Å². The molecule has 2 rings (SSSR count). The van der Waals surface area contributed by atoms with E-state index in [-0.39, 0.29) is 11.7 Å². The van der Waals surface area contributed by atoms with Crippen LogP contribution in [-0.2, 0) is 6.54 Å². The highest BCUT2D eigenvalue weighted by atomic mass is 16.2. The summed E-state index contributed by atoms with van der Waals surface area (Å²) in [5.74, 6) is -0.230. The van der Waals surface area contributed by atoms with Gasteiger partial charge < -0.3 is 10.2 Å². The number of nitrogens with zero attached hydrogens (tertiary/aromatic N) is 4. The Hall–Kier alpha value is -2.28. The highest BCUT2D eigenvalue weighted by molar-refractivity contribution is 5.89. The second-order valence-electron chi connectivity index (χ2n) is 4.57. The van der Waals surface area contributed by atoms with Crippen LogP contribution >= 0.6 is 0 Å². The maximum atomic E-state index is 11.5. The lowest BCUT2D eigenvalue weighted by Gasteiger charge is -2.16. The van der Waals surface area contributed by atoms with Crippen LogP contribution in [0.25, 0.3) is 0 Å². The molecule has 2 N–H and O–H groups in total. The number of amides is 1. The Balaban J connectivity index is 1.62. The van der Waals surface area contributed by atoms with E-state index in [1.54, 1.807) is 0 Å². The average molecular weight is 274 g/mol. The first kappa shape index (κ1) is 14.1. The third kappa shape index (κ3) is 4.43. The molecule has 0 bridgehead atoms. The first-order valence-electron chi connectivity index (χ1n) is 6.50. The summed E-state index contributed by atoms with van der Waals surface area (Å²) in [6.45, 7) is 2.40. The summed E-state index contributed by atoms with van der Waals surface area (Å²) < 4.78 is 0. The molecule has 1 aromatic heterocycles. The molecule has 1 amide bonds. The smallest absolute Gasteiger partial charge is 0.292 e. The molecule has 7 nitrogen and oxygen atoms in total. The lowest BCUT2D eigenvalue weighted by molar-refractivity contribution is 0.0941. The second kappa shape index (κ2) is 7.34. The molecule has 0 radical (unpaired) electrons. The summed E-state index contributed by atoms with van der Waals surface area (Å²) >= 11 is 0. The van der Waals surface area contributed by atoms with Crippen molar-refractivity contribution in [2.45, 2.75) is 13.0 Å². The van der Waals surface area contributed by atoms with Crippen LogP contribution < -0.4 is 5.32 Å². The predicted molar refractivity (Wildman–Crippen MR) is 73.9 cm³/mol. The Morgan fingerprint density at radius 2 is 2.15 bits per heavy atom. The van der Waals surface area contributed by atoms with Crippen LogP contribution in [0.3, 0.4) is 0 Å². The molecule has 2 aromatic rings. The minimum absolute atomic E-state index is 0.0719. The van der Waals surface area contributed by atoms with Crippen molar-refractivity contribution in [1.29, 1.82) is 0 Å². The van der Waals surface area contributed by atoms with Gasteiger partial charge in [-0.05, 0) is 30.8 Å². The van der Waals surface area contributed by atoms with Gasteiger partial charge in [-0.15, -0.1) is 10.2 Å². The van der Waals surface area contributed by atoms with Gasteiger partial charge in [-0.25, -0.2) is 0 Å². The zero-order chi connectivity index (χ0) is 14.2. The molecule has 0 unspecified atom stereocenters. The number of hydrogen-bond donors (Lipinski definition) is 2. The lowest BCUT2D eigenvalue weighted by atomic mass is 10.2. The van der Waals surface area contributed by atoms with Gasteiger partial charge in [-0.2, -0.15) is 5.21 Å². The largest absolute Gasteiger partial charge is 0.349 e. The minimum atomic E-state index is -0.301. The Bertz CT molecular complexity index is 513. The predicted octanol–water partition coefficient (Wildman–Crippen LogP) is 0.452. The molecule has 0 fully saturated rings. The van der Waals surface area contributed by atoms with Crippen LogP contribution in [0.5, 0.6) is 0 Å². The normalized spacial score (nSPS) is 10.7. The van der Waals surface area contributed by atoms with Crippen LogP contribution in [-0.4, -0.2) is 51.6 Å². The number of nitrogens with one attached hydrogen (secondary N) is 2. The summed E-state index contributed by atoms with van der Waals surface area (Å²) in [5.41, 5.74) is 1.28. The van der Waals surface area contributed by atoms with Crippen LogP contribution in [0.15, 0.2) is 30.3 Å². The standard InChI is InChI=1S/C13H18N6O/c1-19(10-11-6-3-2-4-7-11)9-5-8-14-13(20)12-15-17-18-16-12/h2-4,6-7H,5,8-10H2,1H3,(H,14,20)(H,15,16,17,18). The lowest BCUT2D eigenvalue weighted by Crippen LogP contribution is -2.28. The van der Waals surface area contributed by atoms with E-state index in [4.69, 9.17) is 0 Å². The molecular weight excluding hydrogens is 256 g/mol. The van der Waals surface area contributed by atoms with E-state index in [0.29, 0.717) is 6.54 Å². The van der Waals surface area contributed by atoms with Crippen LogP contribution in [0.1, 0.15) is 22.6 Å². The van der Waals surface area contributed by atoms with Gasteiger partial charge in [0.2, 0.25) is 0 Å². The highest BCUT2D eigenvalue weighted by Gasteiger charge is 2.09. The Morgan fingerprint density at radius 3 is 2.85 bits per heavy atom. The molecule has 0 aliphatic heterocycles. The first-order chi connectivity index (χ1) is 9.75. The number of H-pyrrole nitrogens is 1. The number of carbonyl (C=O) groups is 1. The van der Waals surface area contributed by atoms with Crippen LogP contribution in [0, 0.1) is 0 Å².